The fourth-order valence-corrected chi connectivity index (χ4v) is 4.23. The van der Waals surface area contributed by atoms with Crippen LogP contribution >= 0.6 is 0 Å². The van der Waals surface area contributed by atoms with E-state index >= 15 is 0 Å². The van der Waals surface area contributed by atoms with E-state index in [1.165, 1.54) is 5.56 Å². The number of hydrogen-bond donors (Lipinski definition) is 0. The van der Waals surface area contributed by atoms with Crippen molar-refractivity contribution < 1.29 is 9.53 Å². The highest BCUT2D eigenvalue weighted by Gasteiger charge is 2.19. The van der Waals surface area contributed by atoms with Crippen LogP contribution < -0.4 is 4.74 Å². The summed E-state index contributed by atoms with van der Waals surface area (Å²) in [6, 6.07) is 23.4. The second-order valence-electron chi connectivity index (χ2n) is 8.80. The van der Waals surface area contributed by atoms with Gasteiger partial charge in [-0.15, -0.1) is 0 Å². The van der Waals surface area contributed by atoms with Crippen molar-refractivity contribution in [2.75, 3.05) is 26.2 Å². The van der Waals surface area contributed by atoms with Crippen molar-refractivity contribution in [2.45, 2.75) is 13.2 Å². The number of carbonyl (C=O) groups excluding carboxylic acids is 1. The van der Waals surface area contributed by atoms with Crippen LogP contribution in [-0.2, 0) is 17.9 Å². The second kappa shape index (κ2) is 10.9. The number of piperazine rings is 1. The Bertz CT molecular complexity index is 1360. The highest BCUT2D eigenvalue weighted by atomic mass is 16.5. The first-order valence-electron chi connectivity index (χ1n) is 12.0. The van der Waals surface area contributed by atoms with Gasteiger partial charge in [0.25, 0.3) is 0 Å². The minimum absolute atomic E-state index is 0.0280. The van der Waals surface area contributed by atoms with Gasteiger partial charge in [-0.05, 0) is 53.6 Å². The minimum atomic E-state index is 0.0280. The van der Waals surface area contributed by atoms with E-state index in [0.29, 0.717) is 25.3 Å². The van der Waals surface area contributed by atoms with Crippen LogP contribution in [0.15, 0.2) is 85.2 Å². The van der Waals surface area contributed by atoms with Crippen LogP contribution in [0.2, 0.25) is 0 Å². The summed E-state index contributed by atoms with van der Waals surface area (Å²) in [5.74, 6) is 0.786. The van der Waals surface area contributed by atoms with Gasteiger partial charge in [0, 0.05) is 51.2 Å². The fourth-order valence-electron chi connectivity index (χ4n) is 4.23. The number of aromatic nitrogens is 2. The summed E-state index contributed by atoms with van der Waals surface area (Å²) in [7, 11) is 0. The number of ether oxygens (including phenoxy) is 1. The number of pyridine rings is 1. The predicted octanol–water partition coefficient (Wildman–Crippen LogP) is 4.14. The maximum atomic E-state index is 12.7. The lowest BCUT2D eigenvalue weighted by Gasteiger charge is -2.34. The monoisotopic (exact) mass is 477 g/mol. The third-order valence-electron chi connectivity index (χ3n) is 6.27. The molecule has 1 aliphatic rings. The molecule has 0 N–H and O–H groups in total. The summed E-state index contributed by atoms with van der Waals surface area (Å²) < 4.78 is 7.84. The number of imidazole rings is 1. The number of nitriles is 1. The number of nitrogens with zero attached hydrogens (tertiary/aromatic N) is 5. The zero-order chi connectivity index (χ0) is 24.7. The molecule has 1 amide bonds. The Morgan fingerprint density at radius 3 is 2.50 bits per heavy atom. The molecule has 1 saturated heterocycles. The summed E-state index contributed by atoms with van der Waals surface area (Å²) in [6.45, 7) is 4.29. The van der Waals surface area contributed by atoms with Gasteiger partial charge in [-0.2, -0.15) is 5.26 Å². The minimum Gasteiger partial charge on any atom is -0.487 e. The number of hydrogen-bond acceptors (Lipinski definition) is 5. The Balaban J connectivity index is 1.08. The Morgan fingerprint density at radius 1 is 1.00 bits per heavy atom. The lowest BCUT2D eigenvalue weighted by Crippen LogP contribution is -2.47. The summed E-state index contributed by atoms with van der Waals surface area (Å²) in [5.41, 5.74) is 4.57. The molecule has 5 rings (SSSR count). The summed E-state index contributed by atoms with van der Waals surface area (Å²) in [4.78, 5) is 21.4. The van der Waals surface area contributed by atoms with Gasteiger partial charge in [0.05, 0.1) is 17.3 Å². The molecule has 36 heavy (non-hydrogen) atoms. The van der Waals surface area contributed by atoms with Crippen molar-refractivity contribution in [2.24, 2.45) is 0 Å². The van der Waals surface area contributed by atoms with E-state index in [2.05, 4.69) is 16.0 Å². The molecule has 1 aliphatic heterocycles. The maximum absolute atomic E-state index is 12.7. The number of fused-ring (bicyclic) bond motifs is 1. The molecule has 2 aromatic heterocycles. The van der Waals surface area contributed by atoms with Crippen LogP contribution in [0.4, 0.5) is 0 Å². The maximum Gasteiger partial charge on any atom is 0.246 e. The van der Waals surface area contributed by atoms with Gasteiger partial charge in [-0.3, -0.25) is 9.69 Å². The van der Waals surface area contributed by atoms with E-state index in [0.717, 1.165) is 42.3 Å². The molecule has 0 radical (unpaired) electrons. The van der Waals surface area contributed by atoms with E-state index in [1.54, 1.807) is 6.08 Å². The lowest BCUT2D eigenvalue weighted by molar-refractivity contribution is -0.127. The van der Waals surface area contributed by atoms with E-state index in [4.69, 9.17) is 10.00 Å². The highest BCUT2D eigenvalue weighted by Crippen LogP contribution is 2.16. The standard InChI is InChI=1S/C29H27N5O2/c30-19-24-4-6-25(7-5-24)20-32-15-17-33(18-16-32)29(35)13-10-23-8-11-27(12-9-23)36-22-26-21-34-14-2-1-3-28(34)31-26/h1-14,21H,15-18,20,22H2/b13-10+. The first-order chi connectivity index (χ1) is 17.7. The van der Waals surface area contributed by atoms with Crippen molar-refractivity contribution in [3.63, 3.8) is 0 Å². The first kappa shape index (κ1) is 23.3. The largest absolute Gasteiger partial charge is 0.487 e. The van der Waals surface area contributed by atoms with Crippen LogP contribution in [0.3, 0.4) is 0 Å². The van der Waals surface area contributed by atoms with Crippen LogP contribution in [-0.4, -0.2) is 51.3 Å². The van der Waals surface area contributed by atoms with Crippen LogP contribution in [0.5, 0.6) is 5.75 Å². The SMILES string of the molecule is N#Cc1ccc(CN2CCN(C(=O)/C=C/c3ccc(OCc4cn5ccccc5n4)cc3)CC2)cc1. The molecule has 180 valence electrons. The highest BCUT2D eigenvalue weighted by molar-refractivity contribution is 5.91. The average molecular weight is 478 g/mol. The predicted molar refractivity (Wildman–Crippen MR) is 138 cm³/mol. The van der Waals surface area contributed by atoms with Gasteiger partial charge in [-0.25, -0.2) is 4.98 Å². The van der Waals surface area contributed by atoms with E-state index in [-0.39, 0.29) is 5.91 Å². The number of rotatable bonds is 7. The van der Waals surface area contributed by atoms with Gasteiger partial charge in [-0.1, -0.05) is 30.3 Å². The van der Waals surface area contributed by atoms with Crippen molar-refractivity contribution in [3.05, 3.63) is 108 Å². The smallest absolute Gasteiger partial charge is 0.246 e. The van der Waals surface area contributed by atoms with Gasteiger partial charge >= 0.3 is 0 Å². The molecule has 7 heteroatoms. The summed E-state index contributed by atoms with van der Waals surface area (Å²) in [5, 5.41) is 8.93. The fraction of sp³-hybridized carbons (Fsp3) is 0.207. The van der Waals surface area contributed by atoms with E-state index in [9.17, 15) is 4.79 Å². The van der Waals surface area contributed by atoms with Gasteiger partial charge in [0.2, 0.25) is 5.91 Å². The molecule has 0 bridgehead atoms. The molecule has 7 nitrogen and oxygen atoms in total. The zero-order valence-corrected chi connectivity index (χ0v) is 20.0. The molecular weight excluding hydrogens is 450 g/mol. The molecule has 0 saturated carbocycles. The molecule has 3 heterocycles. The van der Waals surface area contributed by atoms with Crippen LogP contribution in [0.1, 0.15) is 22.4 Å². The molecular formula is C29H27N5O2. The van der Waals surface area contributed by atoms with E-state index < -0.39 is 0 Å². The topological polar surface area (TPSA) is 73.9 Å². The van der Waals surface area contributed by atoms with Crippen LogP contribution in [0, 0.1) is 11.3 Å². The third-order valence-corrected chi connectivity index (χ3v) is 6.27. The lowest BCUT2D eigenvalue weighted by atomic mass is 10.1. The van der Waals surface area contributed by atoms with Crippen molar-refractivity contribution in [3.8, 4) is 11.8 Å². The Hall–Kier alpha value is -4.41. The Kier molecular flexibility index (Phi) is 7.06. The third kappa shape index (κ3) is 5.80. The average Bonchev–Trinajstić information content (AvgIpc) is 3.35. The van der Waals surface area contributed by atoms with Gasteiger partial charge < -0.3 is 14.0 Å². The normalized spacial score (nSPS) is 14.2. The molecule has 0 aliphatic carbocycles. The molecule has 0 spiro atoms. The van der Waals surface area contributed by atoms with Crippen molar-refractivity contribution >= 4 is 17.6 Å². The van der Waals surface area contributed by atoms with Crippen molar-refractivity contribution in [1.82, 2.24) is 19.2 Å². The zero-order valence-electron chi connectivity index (χ0n) is 20.0. The Labute approximate surface area is 210 Å². The molecule has 4 aromatic rings. The van der Waals surface area contributed by atoms with Crippen LogP contribution in [0.25, 0.3) is 11.7 Å². The molecule has 1 fully saturated rings. The summed E-state index contributed by atoms with van der Waals surface area (Å²) >= 11 is 0. The second-order valence-corrected chi connectivity index (χ2v) is 8.80. The number of amides is 1. The van der Waals surface area contributed by atoms with E-state index in [1.807, 2.05) is 94.5 Å². The quantitative estimate of drug-likeness (QED) is 0.374. The first-order valence-corrected chi connectivity index (χ1v) is 12.0. The summed E-state index contributed by atoms with van der Waals surface area (Å²) in [6.07, 6.45) is 7.41. The Morgan fingerprint density at radius 2 is 1.78 bits per heavy atom. The molecule has 2 aromatic carbocycles. The molecule has 0 unspecified atom stereocenters. The van der Waals surface area contributed by atoms with Crippen molar-refractivity contribution in [1.29, 1.82) is 5.26 Å². The number of carbonyl (C=O) groups is 1. The van der Waals surface area contributed by atoms with Gasteiger partial charge in [0.15, 0.2) is 0 Å². The number of benzene rings is 2. The van der Waals surface area contributed by atoms with Gasteiger partial charge in [0.1, 0.15) is 18.0 Å². The molecule has 0 atom stereocenters.